The van der Waals surface area contributed by atoms with Crippen LogP contribution in [0.1, 0.15) is 29.2 Å². The van der Waals surface area contributed by atoms with Gasteiger partial charge in [-0.25, -0.2) is 4.98 Å². The van der Waals surface area contributed by atoms with Crippen LogP contribution >= 0.6 is 22.9 Å². The zero-order valence-electron chi connectivity index (χ0n) is 17.6. The van der Waals surface area contributed by atoms with Crippen molar-refractivity contribution in [2.75, 3.05) is 25.0 Å². The summed E-state index contributed by atoms with van der Waals surface area (Å²) in [6, 6.07) is 14.7. The van der Waals surface area contributed by atoms with E-state index in [1.165, 1.54) is 11.3 Å². The van der Waals surface area contributed by atoms with Crippen molar-refractivity contribution in [1.29, 1.82) is 0 Å². The molecule has 0 spiro atoms. The van der Waals surface area contributed by atoms with Crippen LogP contribution in [-0.2, 0) is 4.79 Å². The van der Waals surface area contributed by atoms with Crippen LogP contribution in [-0.4, -0.2) is 41.4 Å². The van der Waals surface area contributed by atoms with Crippen LogP contribution in [0, 0.1) is 6.92 Å². The number of anilines is 1. The number of nitrogens with one attached hydrogen (secondary N) is 1. The molecular formula is C23H24ClN3O3S. The van der Waals surface area contributed by atoms with E-state index in [0.717, 1.165) is 10.6 Å². The highest BCUT2D eigenvalue weighted by atomic mass is 35.5. The number of benzene rings is 2. The third-order valence-corrected chi connectivity index (χ3v) is 6.18. The molecule has 0 aliphatic heterocycles. The Morgan fingerprint density at radius 2 is 1.84 bits per heavy atom. The first-order valence-corrected chi connectivity index (χ1v) is 11.2. The fraction of sp³-hybridized carbons (Fsp3) is 0.261. The number of likely N-dealkylation sites (N-methyl/N-ethyl adjacent to an activating group) is 1. The lowest BCUT2D eigenvalue weighted by Gasteiger charge is -2.19. The molecule has 3 rings (SSSR count). The van der Waals surface area contributed by atoms with Gasteiger partial charge in [-0.1, -0.05) is 41.9 Å². The molecule has 1 heterocycles. The van der Waals surface area contributed by atoms with E-state index in [4.69, 9.17) is 16.3 Å². The first-order chi connectivity index (χ1) is 14.9. The quantitative estimate of drug-likeness (QED) is 0.500. The summed E-state index contributed by atoms with van der Waals surface area (Å²) < 4.78 is 5.56. The van der Waals surface area contributed by atoms with Crippen molar-refractivity contribution >= 4 is 40.4 Å². The van der Waals surface area contributed by atoms with E-state index in [-0.39, 0.29) is 18.4 Å². The molecule has 0 saturated carbocycles. The molecule has 0 saturated heterocycles. The molecule has 1 aromatic heterocycles. The number of rotatable bonds is 8. The van der Waals surface area contributed by atoms with Gasteiger partial charge in [0, 0.05) is 24.3 Å². The summed E-state index contributed by atoms with van der Waals surface area (Å²) in [7, 11) is 0. The van der Waals surface area contributed by atoms with Gasteiger partial charge in [0.25, 0.3) is 11.8 Å². The van der Waals surface area contributed by atoms with Crippen molar-refractivity contribution in [2.24, 2.45) is 0 Å². The molecule has 0 radical (unpaired) electrons. The zero-order chi connectivity index (χ0) is 22.4. The topological polar surface area (TPSA) is 71.5 Å². The maximum atomic E-state index is 12.8. The van der Waals surface area contributed by atoms with Crippen molar-refractivity contribution in [3.63, 3.8) is 0 Å². The Balaban J connectivity index is 1.67. The Bertz CT molecular complexity index is 1070. The highest BCUT2D eigenvalue weighted by Crippen LogP contribution is 2.30. The summed E-state index contributed by atoms with van der Waals surface area (Å²) >= 11 is 7.64. The SMILES string of the molecule is CCN(CC)C(=O)COc1ccc(NC(=O)c2sc(-c3ccccc3)nc2C)cc1Cl. The number of halogens is 1. The van der Waals surface area contributed by atoms with Crippen molar-refractivity contribution in [1.82, 2.24) is 9.88 Å². The highest BCUT2D eigenvalue weighted by Gasteiger charge is 2.17. The Morgan fingerprint density at radius 3 is 2.48 bits per heavy atom. The third kappa shape index (κ3) is 5.62. The molecule has 1 N–H and O–H groups in total. The maximum absolute atomic E-state index is 12.8. The van der Waals surface area contributed by atoms with Gasteiger partial charge in [0.1, 0.15) is 15.6 Å². The molecule has 6 nitrogen and oxygen atoms in total. The average Bonchev–Trinajstić information content (AvgIpc) is 3.16. The lowest BCUT2D eigenvalue weighted by atomic mass is 10.2. The van der Waals surface area contributed by atoms with Crippen LogP contribution in [0.2, 0.25) is 5.02 Å². The molecule has 3 aromatic rings. The van der Waals surface area contributed by atoms with E-state index in [0.29, 0.717) is 40.1 Å². The number of aryl methyl sites for hydroxylation is 1. The number of thiazole rings is 1. The number of ether oxygens (including phenoxy) is 1. The second-order valence-corrected chi connectivity index (χ2v) is 8.16. The van der Waals surface area contributed by atoms with Crippen LogP contribution in [0.3, 0.4) is 0 Å². The Morgan fingerprint density at radius 1 is 1.13 bits per heavy atom. The van der Waals surface area contributed by atoms with E-state index in [2.05, 4.69) is 10.3 Å². The summed E-state index contributed by atoms with van der Waals surface area (Å²) in [4.78, 5) is 31.6. The number of aromatic nitrogens is 1. The molecule has 0 fully saturated rings. The van der Waals surface area contributed by atoms with Crippen LogP contribution in [0.5, 0.6) is 5.75 Å². The average molecular weight is 458 g/mol. The Labute approximate surface area is 190 Å². The molecule has 31 heavy (non-hydrogen) atoms. The van der Waals surface area contributed by atoms with Crippen LogP contribution in [0.4, 0.5) is 5.69 Å². The predicted molar refractivity (Wildman–Crippen MR) is 125 cm³/mol. The molecule has 8 heteroatoms. The normalized spacial score (nSPS) is 10.6. The van der Waals surface area contributed by atoms with Crippen LogP contribution < -0.4 is 10.1 Å². The number of hydrogen-bond acceptors (Lipinski definition) is 5. The smallest absolute Gasteiger partial charge is 0.267 e. The molecule has 162 valence electrons. The third-order valence-electron chi connectivity index (χ3n) is 4.68. The summed E-state index contributed by atoms with van der Waals surface area (Å²) in [6.07, 6.45) is 0. The predicted octanol–water partition coefficient (Wildman–Crippen LogP) is 5.27. The number of nitrogens with zero attached hydrogens (tertiary/aromatic N) is 2. The van der Waals surface area contributed by atoms with Crippen LogP contribution in [0.15, 0.2) is 48.5 Å². The molecule has 0 atom stereocenters. The van der Waals surface area contributed by atoms with Gasteiger partial charge in [0.15, 0.2) is 6.61 Å². The van der Waals surface area contributed by atoms with Gasteiger partial charge in [-0.15, -0.1) is 11.3 Å². The summed E-state index contributed by atoms with van der Waals surface area (Å²) in [5.41, 5.74) is 2.17. The van der Waals surface area contributed by atoms with Gasteiger partial charge in [-0.3, -0.25) is 9.59 Å². The summed E-state index contributed by atoms with van der Waals surface area (Å²) in [6.45, 7) is 6.81. The number of hydrogen-bond donors (Lipinski definition) is 1. The van der Waals surface area contributed by atoms with Crippen molar-refractivity contribution < 1.29 is 14.3 Å². The minimum absolute atomic E-state index is 0.0879. The van der Waals surface area contributed by atoms with E-state index in [1.54, 1.807) is 23.1 Å². The summed E-state index contributed by atoms with van der Waals surface area (Å²) in [5, 5.41) is 3.96. The molecular weight excluding hydrogens is 434 g/mol. The molecule has 0 unspecified atom stereocenters. The first kappa shape index (κ1) is 22.8. The molecule has 2 amide bonds. The van der Waals surface area contributed by atoms with Crippen molar-refractivity contribution in [2.45, 2.75) is 20.8 Å². The van der Waals surface area contributed by atoms with Gasteiger partial charge >= 0.3 is 0 Å². The lowest BCUT2D eigenvalue weighted by molar-refractivity contribution is -0.132. The maximum Gasteiger partial charge on any atom is 0.267 e. The van der Waals surface area contributed by atoms with Crippen molar-refractivity contribution in [3.8, 4) is 16.3 Å². The van der Waals surface area contributed by atoms with Gasteiger partial charge in [0.05, 0.1) is 10.7 Å². The zero-order valence-corrected chi connectivity index (χ0v) is 19.2. The largest absolute Gasteiger partial charge is 0.482 e. The fourth-order valence-corrected chi connectivity index (χ4v) is 4.20. The standard InChI is InChI=1S/C23H24ClN3O3S/c1-4-27(5-2)20(28)14-30-19-12-11-17(13-18(19)24)26-22(29)21-15(3)25-23(31-21)16-9-7-6-8-10-16/h6-13H,4-5,14H2,1-3H3,(H,26,29). The Kier molecular flexibility index (Phi) is 7.65. The Hall–Kier alpha value is -2.90. The van der Waals surface area contributed by atoms with Gasteiger partial charge in [0.2, 0.25) is 0 Å². The van der Waals surface area contributed by atoms with E-state index in [9.17, 15) is 9.59 Å². The fourth-order valence-electron chi connectivity index (χ4n) is 3.00. The minimum Gasteiger partial charge on any atom is -0.482 e. The lowest BCUT2D eigenvalue weighted by Crippen LogP contribution is -2.34. The van der Waals surface area contributed by atoms with Gasteiger partial charge in [-0.05, 0) is 39.0 Å². The van der Waals surface area contributed by atoms with E-state index >= 15 is 0 Å². The van der Waals surface area contributed by atoms with Crippen LogP contribution in [0.25, 0.3) is 10.6 Å². The second-order valence-electron chi connectivity index (χ2n) is 6.75. The van der Waals surface area contributed by atoms with E-state index < -0.39 is 0 Å². The molecule has 0 bridgehead atoms. The van der Waals surface area contributed by atoms with Gasteiger partial charge in [-0.2, -0.15) is 0 Å². The minimum atomic E-state index is -0.251. The highest BCUT2D eigenvalue weighted by molar-refractivity contribution is 7.17. The molecule has 0 aliphatic rings. The number of carbonyl (C=O) groups is 2. The summed E-state index contributed by atoms with van der Waals surface area (Å²) in [5.74, 6) is 0.0347. The van der Waals surface area contributed by atoms with E-state index in [1.807, 2.05) is 51.1 Å². The molecule has 2 aromatic carbocycles. The first-order valence-electron chi connectivity index (χ1n) is 9.97. The van der Waals surface area contributed by atoms with Gasteiger partial charge < -0.3 is 15.0 Å². The monoisotopic (exact) mass is 457 g/mol. The number of carbonyl (C=O) groups excluding carboxylic acids is 2. The van der Waals surface area contributed by atoms with Crippen molar-refractivity contribution in [3.05, 3.63) is 64.1 Å². The second kappa shape index (κ2) is 10.4. The number of amides is 2. The molecule has 0 aliphatic carbocycles.